The maximum Gasteiger partial charge on any atom is 0.294 e. The van der Waals surface area contributed by atoms with Gasteiger partial charge in [0, 0.05) is 50.2 Å². The van der Waals surface area contributed by atoms with Crippen molar-refractivity contribution in [3.63, 3.8) is 0 Å². The number of hydrogen-bond donors (Lipinski definition) is 1. The van der Waals surface area contributed by atoms with E-state index in [2.05, 4.69) is 30.5 Å². The number of hydrogen-bond acceptors (Lipinski definition) is 6. The molecule has 0 radical (unpaired) electrons. The number of aromatic hydroxyl groups is 1. The van der Waals surface area contributed by atoms with Crippen molar-refractivity contribution in [2.45, 2.75) is 25.4 Å². The predicted octanol–water partition coefficient (Wildman–Crippen LogP) is 4.75. The number of phenolic OH excluding ortho intramolecular Hbond substituents is 1. The molecule has 3 aromatic carbocycles. The monoisotopic (exact) mass is 571 g/mol. The molecule has 0 spiro atoms. The Kier molecular flexibility index (Phi) is 7.21. The van der Waals surface area contributed by atoms with Gasteiger partial charge in [0.25, 0.3) is 5.56 Å². The molecule has 0 bridgehead atoms. The Morgan fingerprint density at radius 2 is 1.85 bits per heavy atom. The highest BCUT2D eigenvalue weighted by Gasteiger charge is 2.31. The van der Waals surface area contributed by atoms with E-state index in [0.717, 1.165) is 47.8 Å². The number of anilines is 1. The van der Waals surface area contributed by atoms with Crippen LogP contribution in [-0.2, 0) is 11.3 Å². The van der Waals surface area contributed by atoms with E-state index in [1.54, 1.807) is 21.6 Å². The van der Waals surface area contributed by atoms with Gasteiger partial charge in [-0.25, -0.2) is 4.98 Å². The summed E-state index contributed by atoms with van der Waals surface area (Å²) in [6.45, 7) is 6.69. The molecule has 1 aromatic heterocycles. The van der Waals surface area contributed by atoms with Gasteiger partial charge in [0.2, 0.25) is 5.91 Å². The van der Waals surface area contributed by atoms with Crippen LogP contribution in [-0.4, -0.2) is 76.7 Å². The van der Waals surface area contributed by atoms with Crippen molar-refractivity contribution < 1.29 is 9.90 Å². The number of phenols is 1. The smallest absolute Gasteiger partial charge is 0.294 e. The average molecular weight is 572 g/mol. The Balaban J connectivity index is 1.47. The van der Waals surface area contributed by atoms with E-state index in [0.29, 0.717) is 47.6 Å². The van der Waals surface area contributed by atoms with Crippen LogP contribution in [0.4, 0.5) is 5.82 Å². The van der Waals surface area contributed by atoms with Gasteiger partial charge in [0.1, 0.15) is 5.75 Å². The first kappa shape index (κ1) is 27.3. The lowest BCUT2D eigenvalue weighted by molar-refractivity contribution is -0.132. The van der Waals surface area contributed by atoms with Gasteiger partial charge in [-0.15, -0.1) is 0 Å². The molecule has 0 atom stereocenters. The average Bonchev–Trinajstić information content (AvgIpc) is 2.94. The maximum atomic E-state index is 14.0. The fourth-order valence-corrected chi connectivity index (χ4v) is 6.47. The quantitative estimate of drug-likeness (QED) is 0.336. The summed E-state index contributed by atoms with van der Waals surface area (Å²) in [5.74, 6) is 0.648. The normalized spacial score (nSPS) is 16.5. The highest BCUT2D eigenvalue weighted by atomic mass is 35.5. The number of benzene rings is 3. The Hall–Kier alpha value is -3.88. The summed E-state index contributed by atoms with van der Waals surface area (Å²) in [7, 11) is 4.19. The lowest BCUT2D eigenvalue weighted by Gasteiger charge is -2.39. The van der Waals surface area contributed by atoms with Gasteiger partial charge < -0.3 is 24.4 Å². The molecule has 9 heteroatoms. The first-order valence-corrected chi connectivity index (χ1v) is 14.4. The predicted molar refractivity (Wildman–Crippen MR) is 165 cm³/mol. The molecular weight excluding hydrogens is 538 g/mol. The van der Waals surface area contributed by atoms with E-state index in [9.17, 15) is 14.7 Å². The number of likely N-dealkylation sites (tertiary alicyclic amines) is 1. The molecule has 0 saturated carbocycles. The number of rotatable bonds is 6. The minimum absolute atomic E-state index is 0.0938. The molecule has 41 heavy (non-hydrogen) atoms. The molecule has 6 rings (SSSR count). The molecule has 2 saturated heterocycles. The van der Waals surface area contributed by atoms with Crippen LogP contribution in [0.3, 0.4) is 0 Å². The van der Waals surface area contributed by atoms with E-state index < -0.39 is 0 Å². The van der Waals surface area contributed by atoms with E-state index >= 15 is 0 Å². The molecule has 1 amide bonds. The van der Waals surface area contributed by atoms with Crippen molar-refractivity contribution in [2.24, 2.45) is 5.92 Å². The second kappa shape index (κ2) is 10.8. The van der Waals surface area contributed by atoms with Crippen LogP contribution in [0.25, 0.3) is 32.9 Å². The van der Waals surface area contributed by atoms with E-state index in [1.807, 2.05) is 36.4 Å². The minimum Gasteiger partial charge on any atom is -0.508 e. The summed E-state index contributed by atoms with van der Waals surface area (Å²) in [6.07, 6.45) is 3.23. The maximum absolute atomic E-state index is 14.0. The number of carbonyl (C=O) groups excluding carboxylic acids is 1. The second-order valence-corrected chi connectivity index (χ2v) is 11.8. The topological polar surface area (TPSA) is 81.9 Å². The summed E-state index contributed by atoms with van der Waals surface area (Å²) in [5, 5.41) is 12.8. The molecule has 8 nitrogen and oxygen atoms in total. The zero-order chi connectivity index (χ0) is 28.8. The van der Waals surface area contributed by atoms with Crippen LogP contribution in [0, 0.1) is 5.92 Å². The van der Waals surface area contributed by atoms with Gasteiger partial charge in [-0.1, -0.05) is 42.4 Å². The van der Waals surface area contributed by atoms with Crippen molar-refractivity contribution in [2.75, 3.05) is 45.2 Å². The Labute approximate surface area is 244 Å². The van der Waals surface area contributed by atoms with E-state index in [1.165, 1.54) is 6.08 Å². The number of carbonyl (C=O) groups is 1. The van der Waals surface area contributed by atoms with Crippen molar-refractivity contribution in [3.8, 4) is 16.9 Å². The van der Waals surface area contributed by atoms with Crippen molar-refractivity contribution >= 4 is 45.1 Å². The molecule has 3 heterocycles. The first-order chi connectivity index (χ1) is 19.7. The van der Waals surface area contributed by atoms with Gasteiger partial charge >= 0.3 is 0 Å². The number of amides is 1. The largest absolute Gasteiger partial charge is 0.508 e. The van der Waals surface area contributed by atoms with Gasteiger partial charge in [-0.3, -0.25) is 9.59 Å². The summed E-state index contributed by atoms with van der Waals surface area (Å²) in [6, 6.07) is 15.5. The Bertz CT molecular complexity index is 1720. The van der Waals surface area contributed by atoms with Gasteiger partial charge in [0.05, 0.1) is 16.1 Å². The third kappa shape index (κ3) is 5.06. The second-order valence-electron chi connectivity index (χ2n) is 11.4. The molecule has 2 aliphatic heterocycles. The zero-order valence-corrected chi connectivity index (χ0v) is 24.1. The Morgan fingerprint density at radius 1 is 1.12 bits per heavy atom. The third-order valence-electron chi connectivity index (χ3n) is 8.53. The molecule has 0 aliphatic carbocycles. The van der Waals surface area contributed by atoms with E-state index in [-0.39, 0.29) is 23.1 Å². The Morgan fingerprint density at radius 3 is 2.56 bits per heavy atom. The molecule has 1 N–H and O–H groups in total. The SMILES string of the molecule is C=CC(=O)N1CC(Cn2c(=O)c(N3CCC(N(C)C)CC3)nc3cc(-c4cc(O)cc5ccccc45)c(Cl)cc32)C1. The first-order valence-electron chi connectivity index (χ1n) is 14.0. The zero-order valence-electron chi connectivity index (χ0n) is 23.4. The van der Waals surface area contributed by atoms with Gasteiger partial charge in [0.15, 0.2) is 5.82 Å². The number of nitrogens with zero attached hydrogens (tertiary/aromatic N) is 5. The van der Waals surface area contributed by atoms with Crippen LogP contribution in [0.2, 0.25) is 5.02 Å². The van der Waals surface area contributed by atoms with Gasteiger partial charge in [-0.05, 0) is 73.6 Å². The number of fused-ring (bicyclic) bond motifs is 2. The number of piperidine rings is 1. The molecular formula is C32H34ClN5O3. The van der Waals surface area contributed by atoms with Crippen molar-refractivity contribution in [3.05, 3.63) is 76.6 Å². The molecule has 2 fully saturated rings. The lowest BCUT2D eigenvalue weighted by Crippen LogP contribution is -2.52. The lowest BCUT2D eigenvalue weighted by atomic mass is 9.97. The van der Waals surface area contributed by atoms with Crippen LogP contribution < -0.4 is 10.5 Å². The van der Waals surface area contributed by atoms with Crippen LogP contribution in [0.15, 0.2) is 66.0 Å². The summed E-state index contributed by atoms with van der Waals surface area (Å²) in [4.78, 5) is 37.1. The fraction of sp³-hybridized carbons (Fsp3) is 0.344. The highest BCUT2D eigenvalue weighted by Crippen LogP contribution is 2.38. The fourth-order valence-electron chi connectivity index (χ4n) is 6.21. The number of halogens is 1. The van der Waals surface area contributed by atoms with Crippen LogP contribution in [0.1, 0.15) is 12.8 Å². The van der Waals surface area contributed by atoms with Gasteiger partial charge in [-0.2, -0.15) is 0 Å². The number of aromatic nitrogens is 2. The highest BCUT2D eigenvalue weighted by molar-refractivity contribution is 6.34. The molecule has 2 aliphatic rings. The van der Waals surface area contributed by atoms with Crippen molar-refractivity contribution in [1.82, 2.24) is 19.4 Å². The summed E-state index contributed by atoms with van der Waals surface area (Å²) in [5.41, 5.74) is 2.74. The van der Waals surface area contributed by atoms with Crippen LogP contribution >= 0.6 is 11.6 Å². The standard InChI is InChI=1S/C32H34ClN5O3/c1-4-30(40)37-17-20(18-37)19-38-29-16-27(33)26(25-14-23(39)13-21-7-5-6-8-24(21)25)15-28(29)34-31(32(38)41)36-11-9-22(10-12-36)35(2)3/h4-8,13-16,20,22,39H,1,9-12,17-19H2,2-3H3. The minimum atomic E-state index is -0.138. The third-order valence-corrected chi connectivity index (χ3v) is 8.85. The van der Waals surface area contributed by atoms with E-state index in [4.69, 9.17) is 16.6 Å². The van der Waals surface area contributed by atoms with Crippen molar-refractivity contribution in [1.29, 1.82) is 0 Å². The molecule has 4 aromatic rings. The summed E-state index contributed by atoms with van der Waals surface area (Å²) >= 11 is 6.91. The molecule has 212 valence electrons. The van der Waals surface area contributed by atoms with Crippen LogP contribution in [0.5, 0.6) is 5.75 Å². The molecule has 0 unspecified atom stereocenters. The summed E-state index contributed by atoms with van der Waals surface area (Å²) < 4.78 is 1.78.